The van der Waals surface area contributed by atoms with Crippen LogP contribution >= 0.6 is 59.4 Å². The van der Waals surface area contributed by atoms with E-state index >= 15 is 0 Å². The molecule has 31 heavy (non-hydrogen) atoms. The van der Waals surface area contributed by atoms with Crippen molar-refractivity contribution in [2.75, 3.05) is 18.9 Å². The molecular weight excluding hydrogens is 619 g/mol. The van der Waals surface area contributed by atoms with Crippen molar-refractivity contribution < 1.29 is 9.59 Å². The average Bonchev–Trinajstić information content (AvgIpc) is 3.12. The number of anilines is 1. The van der Waals surface area contributed by atoms with Crippen LogP contribution in [0.3, 0.4) is 0 Å². The van der Waals surface area contributed by atoms with Gasteiger partial charge in [0.05, 0.1) is 16.3 Å². The molecule has 3 aromatic rings. The lowest BCUT2D eigenvalue weighted by Crippen LogP contribution is -2.40. The summed E-state index contributed by atoms with van der Waals surface area (Å²) in [5.74, 6) is -0.493. The Labute approximate surface area is 208 Å². The fourth-order valence-electron chi connectivity index (χ4n) is 2.80. The van der Waals surface area contributed by atoms with Gasteiger partial charge in [-0.25, -0.2) is 15.1 Å². The molecule has 0 atom stereocenters. The Kier molecular flexibility index (Phi) is 7.87. The highest BCUT2D eigenvalue weighted by atomic mass is 79.9. The smallest absolute Gasteiger partial charge is 0.274 e. The van der Waals surface area contributed by atoms with Gasteiger partial charge >= 0.3 is 0 Å². The van der Waals surface area contributed by atoms with Crippen LogP contribution in [0.15, 0.2) is 50.1 Å². The number of pyridine rings is 1. The Morgan fingerprint density at radius 2 is 1.97 bits per heavy atom. The zero-order valence-corrected chi connectivity index (χ0v) is 21.8. The summed E-state index contributed by atoms with van der Waals surface area (Å²) in [5, 5.41) is 8.85. The molecule has 0 unspecified atom stereocenters. The van der Waals surface area contributed by atoms with Gasteiger partial charge in [-0.1, -0.05) is 27.5 Å². The van der Waals surface area contributed by atoms with Gasteiger partial charge in [0.2, 0.25) is 0 Å². The van der Waals surface area contributed by atoms with Crippen LogP contribution in [0.4, 0.5) is 5.69 Å². The molecule has 2 aromatic heterocycles. The average molecular weight is 636 g/mol. The van der Waals surface area contributed by atoms with Crippen LogP contribution in [0.1, 0.15) is 27.8 Å². The topological polar surface area (TPSA) is 92.2 Å². The van der Waals surface area contributed by atoms with E-state index in [0.717, 1.165) is 0 Å². The predicted molar refractivity (Wildman–Crippen MR) is 130 cm³/mol. The second-order valence-corrected chi connectivity index (χ2v) is 9.10. The highest BCUT2D eigenvalue weighted by Gasteiger charge is 2.24. The molecule has 0 saturated carbocycles. The van der Waals surface area contributed by atoms with E-state index in [1.807, 2.05) is 6.92 Å². The van der Waals surface area contributed by atoms with Gasteiger partial charge in [-0.3, -0.25) is 14.6 Å². The number of halogens is 4. The van der Waals surface area contributed by atoms with Crippen LogP contribution in [0.2, 0.25) is 5.02 Å². The van der Waals surface area contributed by atoms with E-state index < -0.39 is 5.91 Å². The van der Waals surface area contributed by atoms with E-state index in [2.05, 4.69) is 68.6 Å². The van der Waals surface area contributed by atoms with Gasteiger partial charge in [0.25, 0.3) is 11.8 Å². The molecule has 2 N–H and O–H groups in total. The first-order chi connectivity index (χ1) is 14.8. The third-order valence-electron chi connectivity index (χ3n) is 4.21. The van der Waals surface area contributed by atoms with Crippen molar-refractivity contribution in [3.63, 3.8) is 0 Å². The lowest BCUT2D eigenvalue weighted by atomic mass is 10.1. The van der Waals surface area contributed by atoms with Crippen molar-refractivity contribution in [1.82, 2.24) is 25.2 Å². The first-order valence-corrected chi connectivity index (χ1v) is 11.7. The van der Waals surface area contributed by atoms with Gasteiger partial charge in [-0.15, -0.1) is 0 Å². The summed E-state index contributed by atoms with van der Waals surface area (Å²) < 4.78 is 2.98. The second-order valence-electron chi connectivity index (χ2n) is 6.11. The Balaban J connectivity index is 2.04. The number of aromatic nitrogens is 3. The SMILES string of the molecule is CCN(NC)C(=O)c1cc(Br)cc(Br)c1NC(=O)c1cc(Br)nn1-c1ncccc1Cl. The molecule has 8 nitrogen and oxygen atoms in total. The number of benzene rings is 1. The molecule has 0 radical (unpaired) electrons. The maximum Gasteiger partial charge on any atom is 0.274 e. The van der Waals surface area contributed by atoms with E-state index in [9.17, 15) is 9.59 Å². The molecule has 1 aromatic carbocycles. The third kappa shape index (κ3) is 5.17. The molecule has 0 aliphatic rings. The van der Waals surface area contributed by atoms with Crippen molar-refractivity contribution in [3.05, 3.63) is 66.4 Å². The Hall–Kier alpha value is -1.79. The summed E-state index contributed by atoms with van der Waals surface area (Å²) in [7, 11) is 1.65. The van der Waals surface area contributed by atoms with E-state index in [1.165, 1.54) is 9.69 Å². The molecule has 12 heteroatoms. The Bertz CT molecular complexity index is 1150. The molecule has 2 amide bonds. The molecule has 0 saturated heterocycles. The number of carbonyl (C=O) groups excluding carboxylic acids is 2. The number of rotatable bonds is 6. The molecule has 0 aliphatic heterocycles. The van der Waals surface area contributed by atoms with Gasteiger partial charge in [0.1, 0.15) is 10.3 Å². The molecule has 162 valence electrons. The maximum absolute atomic E-state index is 13.2. The monoisotopic (exact) mass is 632 g/mol. The van der Waals surface area contributed by atoms with E-state index in [4.69, 9.17) is 11.6 Å². The lowest BCUT2D eigenvalue weighted by Gasteiger charge is -2.22. The third-order valence-corrected chi connectivity index (χ3v) is 5.97. The maximum atomic E-state index is 13.2. The number of hydrogen-bond acceptors (Lipinski definition) is 5. The minimum absolute atomic E-state index is 0.182. The molecular formula is C19H16Br3ClN6O2. The molecule has 0 fully saturated rings. The number of hydrogen-bond donors (Lipinski definition) is 2. The fourth-order valence-corrected chi connectivity index (χ4v) is 4.71. The van der Waals surface area contributed by atoms with E-state index in [1.54, 1.807) is 43.6 Å². The van der Waals surface area contributed by atoms with Crippen LogP contribution in [0, 0.1) is 0 Å². The standard InChI is InChI=1S/C19H16Br3ClN6O2/c1-3-28(24-2)19(31)11-7-10(20)8-12(21)16(11)26-18(30)14-9-15(22)27-29(14)17-13(23)5-4-6-25-17/h4-9,24H,3H2,1-2H3,(H,26,30). The quantitative estimate of drug-likeness (QED) is 0.370. The molecule has 0 bridgehead atoms. The highest BCUT2D eigenvalue weighted by Crippen LogP contribution is 2.32. The van der Waals surface area contributed by atoms with Crippen molar-refractivity contribution in [3.8, 4) is 5.82 Å². The van der Waals surface area contributed by atoms with Crippen LogP contribution < -0.4 is 10.7 Å². The Morgan fingerprint density at radius 1 is 1.23 bits per heavy atom. The predicted octanol–water partition coefficient (Wildman–Crippen LogP) is 5.06. The summed E-state index contributed by atoms with van der Waals surface area (Å²) in [5.41, 5.74) is 3.64. The number of nitrogens with zero attached hydrogens (tertiary/aromatic N) is 4. The Morgan fingerprint density at radius 3 is 2.61 bits per heavy atom. The molecule has 3 rings (SSSR count). The van der Waals surface area contributed by atoms with Gasteiger partial charge < -0.3 is 5.32 Å². The lowest BCUT2D eigenvalue weighted by molar-refractivity contribution is 0.0694. The minimum atomic E-state index is -0.496. The summed E-state index contributed by atoms with van der Waals surface area (Å²) in [6.07, 6.45) is 1.55. The number of nitrogens with one attached hydrogen (secondary N) is 2. The summed E-state index contributed by atoms with van der Waals surface area (Å²) >= 11 is 16.4. The summed E-state index contributed by atoms with van der Waals surface area (Å²) in [6, 6.07) is 8.26. The van der Waals surface area contributed by atoms with Gasteiger partial charge in [-0.2, -0.15) is 5.10 Å². The van der Waals surface area contributed by atoms with Crippen molar-refractivity contribution in [1.29, 1.82) is 0 Å². The van der Waals surface area contributed by atoms with Gasteiger partial charge in [-0.05, 0) is 63.0 Å². The first kappa shape index (κ1) is 23.9. The number of amides is 2. The van der Waals surface area contributed by atoms with Crippen LogP contribution in [-0.2, 0) is 0 Å². The van der Waals surface area contributed by atoms with Crippen LogP contribution in [0.5, 0.6) is 0 Å². The summed E-state index contributed by atoms with van der Waals surface area (Å²) in [4.78, 5) is 30.4. The molecule has 0 spiro atoms. The first-order valence-electron chi connectivity index (χ1n) is 8.92. The molecule has 0 aliphatic carbocycles. The number of carbonyl (C=O) groups is 2. The highest BCUT2D eigenvalue weighted by molar-refractivity contribution is 9.11. The van der Waals surface area contributed by atoms with Crippen LogP contribution in [0.25, 0.3) is 5.82 Å². The van der Waals surface area contributed by atoms with Crippen molar-refractivity contribution >= 4 is 76.9 Å². The second kappa shape index (κ2) is 10.2. The number of hydrazine groups is 1. The normalized spacial score (nSPS) is 10.8. The van der Waals surface area contributed by atoms with Crippen LogP contribution in [-0.4, -0.2) is 45.2 Å². The van der Waals surface area contributed by atoms with Gasteiger partial charge in [0, 0.05) is 34.8 Å². The van der Waals surface area contributed by atoms with Crippen molar-refractivity contribution in [2.24, 2.45) is 0 Å². The van der Waals surface area contributed by atoms with Gasteiger partial charge in [0.15, 0.2) is 5.82 Å². The van der Waals surface area contributed by atoms with Crippen molar-refractivity contribution in [2.45, 2.75) is 6.92 Å². The zero-order valence-electron chi connectivity index (χ0n) is 16.3. The zero-order chi connectivity index (χ0) is 22.7. The molecule has 2 heterocycles. The summed E-state index contributed by atoms with van der Waals surface area (Å²) in [6.45, 7) is 2.27. The van der Waals surface area contributed by atoms with E-state index in [-0.39, 0.29) is 11.6 Å². The largest absolute Gasteiger partial charge is 0.319 e. The fraction of sp³-hybridized carbons (Fsp3) is 0.158. The minimum Gasteiger partial charge on any atom is -0.319 e. The van der Waals surface area contributed by atoms with E-state index in [0.29, 0.717) is 42.2 Å².